The number of benzene rings is 1. The Morgan fingerprint density at radius 3 is 2.88 bits per heavy atom. The summed E-state index contributed by atoms with van der Waals surface area (Å²) in [4.78, 5) is 0. The summed E-state index contributed by atoms with van der Waals surface area (Å²) in [7, 11) is 1.63. The summed E-state index contributed by atoms with van der Waals surface area (Å²) < 4.78 is 7.35. The average Bonchev–Trinajstić information content (AvgIpc) is 2.70. The summed E-state index contributed by atoms with van der Waals surface area (Å²) in [5, 5.41) is 15.8. The monoisotopic (exact) mass is 251 g/mol. The standard InChI is InChI=1S/C11H13N3O2S/c1-7-5-8(3-4-9(7)16-2)14-10(6-15)12-13-11(14)17/h3-5,15H,6H2,1-2H3,(H,13,17). The maximum Gasteiger partial charge on any atom is 0.199 e. The second-order valence-corrected chi connectivity index (χ2v) is 3.98. The van der Waals surface area contributed by atoms with Crippen LogP contribution in [0.4, 0.5) is 0 Å². The minimum Gasteiger partial charge on any atom is -0.496 e. The summed E-state index contributed by atoms with van der Waals surface area (Å²) in [5.41, 5.74) is 1.85. The van der Waals surface area contributed by atoms with Gasteiger partial charge in [-0.25, -0.2) is 0 Å². The molecule has 5 nitrogen and oxygen atoms in total. The van der Waals surface area contributed by atoms with Gasteiger partial charge in [-0.15, -0.1) is 0 Å². The number of aromatic amines is 1. The molecule has 2 rings (SSSR count). The fourth-order valence-electron chi connectivity index (χ4n) is 1.70. The van der Waals surface area contributed by atoms with Gasteiger partial charge >= 0.3 is 0 Å². The lowest BCUT2D eigenvalue weighted by molar-refractivity contribution is 0.269. The number of rotatable bonds is 3. The molecule has 1 aromatic carbocycles. The van der Waals surface area contributed by atoms with Crippen LogP contribution < -0.4 is 4.74 Å². The number of hydrogen-bond acceptors (Lipinski definition) is 4. The van der Waals surface area contributed by atoms with Crippen molar-refractivity contribution < 1.29 is 9.84 Å². The number of H-pyrrole nitrogens is 1. The Kier molecular flexibility index (Phi) is 3.26. The van der Waals surface area contributed by atoms with Crippen LogP contribution in [-0.4, -0.2) is 27.0 Å². The predicted octanol–water partition coefficient (Wildman–Crippen LogP) is 1.74. The van der Waals surface area contributed by atoms with Crippen LogP contribution in [0, 0.1) is 11.7 Å². The summed E-state index contributed by atoms with van der Waals surface area (Å²) in [6.45, 7) is 1.78. The summed E-state index contributed by atoms with van der Waals surface area (Å²) >= 11 is 5.13. The van der Waals surface area contributed by atoms with E-state index in [0.717, 1.165) is 17.0 Å². The molecule has 0 spiro atoms. The largest absolute Gasteiger partial charge is 0.496 e. The van der Waals surface area contributed by atoms with Crippen molar-refractivity contribution in [1.82, 2.24) is 14.8 Å². The summed E-state index contributed by atoms with van der Waals surface area (Å²) in [6.07, 6.45) is 0. The zero-order valence-electron chi connectivity index (χ0n) is 9.60. The van der Waals surface area contributed by atoms with E-state index in [4.69, 9.17) is 17.0 Å². The Hall–Kier alpha value is -1.66. The molecule has 90 valence electrons. The fraction of sp³-hybridized carbons (Fsp3) is 0.273. The molecule has 0 bridgehead atoms. The molecular weight excluding hydrogens is 238 g/mol. The van der Waals surface area contributed by atoms with Gasteiger partial charge in [0.05, 0.1) is 12.8 Å². The number of aryl methyl sites for hydroxylation is 1. The number of nitrogens with one attached hydrogen (secondary N) is 1. The number of methoxy groups -OCH3 is 1. The second kappa shape index (κ2) is 4.68. The quantitative estimate of drug-likeness (QED) is 0.816. The number of nitrogens with zero attached hydrogens (tertiary/aromatic N) is 2. The summed E-state index contributed by atoms with van der Waals surface area (Å²) in [6, 6.07) is 5.67. The lowest BCUT2D eigenvalue weighted by atomic mass is 10.2. The number of ether oxygens (including phenoxy) is 1. The molecule has 1 aromatic heterocycles. The fourth-order valence-corrected chi connectivity index (χ4v) is 1.96. The van der Waals surface area contributed by atoms with E-state index in [1.807, 2.05) is 25.1 Å². The van der Waals surface area contributed by atoms with Crippen molar-refractivity contribution in [3.8, 4) is 11.4 Å². The van der Waals surface area contributed by atoms with Crippen molar-refractivity contribution >= 4 is 12.2 Å². The van der Waals surface area contributed by atoms with Gasteiger partial charge in [-0.1, -0.05) is 0 Å². The van der Waals surface area contributed by atoms with Crippen molar-refractivity contribution in [1.29, 1.82) is 0 Å². The molecule has 1 heterocycles. The van der Waals surface area contributed by atoms with Gasteiger partial charge in [-0.2, -0.15) is 5.10 Å². The third kappa shape index (κ3) is 2.09. The normalized spacial score (nSPS) is 10.5. The van der Waals surface area contributed by atoms with Gasteiger partial charge in [0.1, 0.15) is 12.4 Å². The maximum atomic E-state index is 9.19. The first-order valence-electron chi connectivity index (χ1n) is 5.09. The van der Waals surface area contributed by atoms with Crippen LogP contribution >= 0.6 is 12.2 Å². The van der Waals surface area contributed by atoms with Gasteiger partial charge in [-0.3, -0.25) is 9.67 Å². The topological polar surface area (TPSA) is 63.1 Å². The van der Waals surface area contributed by atoms with Crippen LogP contribution in [-0.2, 0) is 6.61 Å². The van der Waals surface area contributed by atoms with Crippen LogP contribution in [0.2, 0.25) is 0 Å². The second-order valence-electron chi connectivity index (χ2n) is 3.59. The molecular formula is C11H13N3O2S. The first-order valence-corrected chi connectivity index (χ1v) is 5.50. The maximum absolute atomic E-state index is 9.19. The van der Waals surface area contributed by atoms with Gasteiger partial charge in [0, 0.05) is 0 Å². The molecule has 0 aliphatic rings. The number of aliphatic hydroxyl groups is 1. The van der Waals surface area contributed by atoms with Gasteiger partial charge in [-0.05, 0) is 42.9 Å². The van der Waals surface area contributed by atoms with Gasteiger partial charge in [0.15, 0.2) is 10.6 Å². The third-order valence-electron chi connectivity index (χ3n) is 2.52. The number of hydrogen-bond donors (Lipinski definition) is 2. The molecule has 0 fully saturated rings. The molecule has 2 aromatic rings. The Labute approximate surface area is 104 Å². The smallest absolute Gasteiger partial charge is 0.199 e. The molecule has 0 aliphatic carbocycles. The molecule has 0 atom stereocenters. The summed E-state index contributed by atoms with van der Waals surface area (Å²) in [5.74, 6) is 1.30. The van der Waals surface area contributed by atoms with Crippen LogP contribution in [0.5, 0.6) is 5.75 Å². The van der Waals surface area contributed by atoms with E-state index < -0.39 is 0 Å². The SMILES string of the molecule is COc1ccc(-n2c(CO)n[nH]c2=S)cc1C. The van der Waals surface area contributed by atoms with Gasteiger partial charge in [0.25, 0.3) is 0 Å². The Morgan fingerprint density at radius 1 is 1.53 bits per heavy atom. The molecule has 6 heteroatoms. The van der Waals surface area contributed by atoms with Gasteiger partial charge in [0.2, 0.25) is 0 Å². The molecule has 17 heavy (non-hydrogen) atoms. The zero-order chi connectivity index (χ0) is 12.4. The highest BCUT2D eigenvalue weighted by Gasteiger charge is 2.08. The van der Waals surface area contributed by atoms with Gasteiger partial charge < -0.3 is 9.84 Å². The minimum atomic E-state index is -0.168. The molecule has 2 N–H and O–H groups in total. The lowest BCUT2D eigenvalue weighted by Gasteiger charge is -2.09. The van der Waals surface area contributed by atoms with E-state index in [2.05, 4.69) is 10.2 Å². The first-order chi connectivity index (χ1) is 8.17. The van der Waals surface area contributed by atoms with Crippen LogP contribution in [0.25, 0.3) is 5.69 Å². The van der Waals surface area contributed by atoms with E-state index in [0.29, 0.717) is 10.6 Å². The van der Waals surface area contributed by atoms with E-state index in [9.17, 15) is 5.11 Å². The zero-order valence-corrected chi connectivity index (χ0v) is 10.4. The van der Waals surface area contributed by atoms with E-state index in [1.165, 1.54) is 0 Å². The van der Waals surface area contributed by atoms with Crippen molar-refractivity contribution in [2.45, 2.75) is 13.5 Å². The third-order valence-corrected chi connectivity index (χ3v) is 2.79. The van der Waals surface area contributed by atoms with Crippen LogP contribution in [0.3, 0.4) is 0 Å². The highest BCUT2D eigenvalue weighted by molar-refractivity contribution is 7.71. The highest BCUT2D eigenvalue weighted by atomic mass is 32.1. The van der Waals surface area contributed by atoms with Crippen molar-refractivity contribution in [3.05, 3.63) is 34.4 Å². The molecule has 0 saturated heterocycles. The lowest BCUT2D eigenvalue weighted by Crippen LogP contribution is -2.02. The van der Waals surface area contributed by atoms with Crippen molar-refractivity contribution in [2.75, 3.05) is 7.11 Å². The highest BCUT2D eigenvalue weighted by Crippen LogP contribution is 2.21. The minimum absolute atomic E-state index is 0.168. The van der Waals surface area contributed by atoms with Crippen molar-refractivity contribution in [3.63, 3.8) is 0 Å². The van der Waals surface area contributed by atoms with Crippen LogP contribution in [0.1, 0.15) is 11.4 Å². The molecule has 0 unspecified atom stereocenters. The predicted molar refractivity (Wildman–Crippen MR) is 66.0 cm³/mol. The van der Waals surface area contributed by atoms with E-state index in [1.54, 1.807) is 11.7 Å². The first kappa shape index (κ1) is 11.8. The molecule has 0 aliphatic heterocycles. The Morgan fingerprint density at radius 2 is 2.29 bits per heavy atom. The van der Waals surface area contributed by atoms with E-state index >= 15 is 0 Å². The van der Waals surface area contributed by atoms with E-state index in [-0.39, 0.29) is 6.61 Å². The molecule has 0 saturated carbocycles. The molecule has 0 amide bonds. The Balaban J connectivity index is 2.57. The number of aliphatic hydroxyl groups excluding tert-OH is 1. The van der Waals surface area contributed by atoms with Crippen molar-refractivity contribution in [2.24, 2.45) is 0 Å². The number of aromatic nitrogens is 3. The molecule has 0 radical (unpaired) electrons. The average molecular weight is 251 g/mol. The Bertz CT molecular complexity index is 589. The van der Waals surface area contributed by atoms with Crippen LogP contribution in [0.15, 0.2) is 18.2 Å².